The van der Waals surface area contributed by atoms with E-state index in [1.807, 2.05) is 0 Å². The summed E-state index contributed by atoms with van der Waals surface area (Å²) in [4.78, 5) is 11.2. The first-order chi connectivity index (χ1) is 6.60. The summed E-state index contributed by atoms with van der Waals surface area (Å²) in [7, 11) is 1.22. The number of methoxy groups -OCH3 is 1. The zero-order chi connectivity index (χ0) is 10.7. The second-order valence-corrected chi connectivity index (χ2v) is 3.48. The molecule has 2 N–H and O–H groups in total. The standard InChI is InChI=1S/C9H9BrO4/c1-14-9(13)6-2-5(4-11)3-7(10)8(6)12/h2-3,11-12H,4H2,1H3. The SMILES string of the molecule is COC(=O)c1cc(CO)cc(Br)c1O. The number of esters is 1. The topological polar surface area (TPSA) is 66.8 Å². The van der Waals surface area contributed by atoms with Crippen molar-refractivity contribution in [3.05, 3.63) is 27.7 Å². The molecule has 1 aromatic carbocycles. The van der Waals surface area contributed by atoms with Crippen molar-refractivity contribution in [2.75, 3.05) is 7.11 Å². The smallest absolute Gasteiger partial charge is 0.341 e. The van der Waals surface area contributed by atoms with E-state index < -0.39 is 5.97 Å². The van der Waals surface area contributed by atoms with E-state index in [2.05, 4.69) is 20.7 Å². The number of hydrogen-bond acceptors (Lipinski definition) is 4. The zero-order valence-electron chi connectivity index (χ0n) is 7.45. The van der Waals surface area contributed by atoms with E-state index in [1.54, 1.807) is 0 Å². The van der Waals surface area contributed by atoms with Gasteiger partial charge in [0.1, 0.15) is 11.3 Å². The van der Waals surface area contributed by atoms with Gasteiger partial charge in [-0.1, -0.05) is 0 Å². The number of halogens is 1. The highest BCUT2D eigenvalue weighted by Crippen LogP contribution is 2.29. The fraction of sp³-hybridized carbons (Fsp3) is 0.222. The van der Waals surface area contributed by atoms with Crippen LogP contribution in [0.5, 0.6) is 5.75 Å². The maximum atomic E-state index is 11.2. The van der Waals surface area contributed by atoms with E-state index in [9.17, 15) is 9.90 Å². The van der Waals surface area contributed by atoms with Crippen LogP contribution in [0.25, 0.3) is 0 Å². The lowest BCUT2D eigenvalue weighted by atomic mass is 10.1. The summed E-state index contributed by atoms with van der Waals surface area (Å²) < 4.78 is 4.82. The van der Waals surface area contributed by atoms with Crippen LogP contribution in [0.2, 0.25) is 0 Å². The molecule has 14 heavy (non-hydrogen) atoms. The van der Waals surface area contributed by atoms with E-state index in [4.69, 9.17) is 5.11 Å². The van der Waals surface area contributed by atoms with Crippen LogP contribution in [-0.4, -0.2) is 23.3 Å². The molecule has 0 amide bonds. The number of benzene rings is 1. The van der Waals surface area contributed by atoms with Crippen molar-refractivity contribution in [2.45, 2.75) is 6.61 Å². The van der Waals surface area contributed by atoms with E-state index in [-0.39, 0.29) is 17.9 Å². The molecule has 0 heterocycles. The van der Waals surface area contributed by atoms with Crippen molar-refractivity contribution in [3.63, 3.8) is 0 Å². The number of carbonyl (C=O) groups excluding carboxylic acids is 1. The Hall–Kier alpha value is -1.07. The van der Waals surface area contributed by atoms with Gasteiger partial charge in [0.25, 0.3) is 0 Å². The summed E-state index contributed by atoms with van der Waals surface area (Å²) in [6, 6.07) is 2.91. The van der Waals surface area contributed by atoms with E-state index in [1.165, 1.54) is 19.2 Å². The molecule has 0 atom stereocenters. The highest BCUT2D eigenvalue weighted by molar-refractivity contribution is 9.10. The molecule has 0 aliphatic heterocycles. The third kappa shape index (κ3) is 2.05. The Balaban J connectivity index is 3.27. The van der Waals surface area contributed by atoms with Crippen LogP contribution in [-0.2, 0) is 11.3 Å². The van der Waals surface area contributed by atoms with Crippen LogP contribution >= 0.6 is 15.9 Å². The van der Waals surface area contributed by atoms with Crippen molar-refractivity contribution in [2.24, 2.45) is 0 Å². The second-order valence-electron chi connectivity index (χ2n) is 2.62. The molecule has 0 saturated heterocycles. The molecule has 0 unspecified atom stereocenters. The molecule has 1 rings (SSSR count). The Morgan fingerprint density at radius 2 is 2.21 bits per heavy atom. The number of aliphatic hydroxyl groups is 1. The molecule has 0 fully saturated rings. The molecule has 0 aliphatic rings. The third-order valence-electron chi connectivity index (χ3n) is 1.71. The summed E-state index contributed by atoms with van der Waals surface area (Å²) in [6.07, 6.45) is 0. The van der Waals surface area contributed by atoms with E-state index in [0.717, 1.165) is 0 Å². The van der Waals surface area contributed by atoms with Gasteiger partial charge in [-0.15, -0.1) is 0 Å². The number of carbonyl (C=O) groups is 1. The number of aromatic hydroxyl groups is 1. The van der Waals surface area contributed by atoms with Gasteiger partial charge in [0.05, 0.1) is 18.2 Å². The van der Waals surface area contributed by atoms with E-state index in [0.29, 0.717) is 10.0 Å². The molecule has 0 bridgehead atoms. The molecule has 76 valence electrons. The summed E-state index contributed by atoms with van der Waals surface area (Å²) in [5.41, 5.74) is 0.556. The molecule has 0 radical (unpaired) electrons. The van der Waals surface area contributed by atoms with Gasteiger partial charge in [-0.05, 0) is 33.6 Å². The summed E-state index contributed by atoms with van der Waals surface area (Å²) in [6.45, 7) is -0.205. The fourth-order valence-corrected chi connectivity index (χ4v) is 1.52. The van der Waals surface area contributed by atoms with Gasteiger partial charge < -0.3 is 14.9 Å². The quantitative estimate of drug-likeness (QED) is 0.790. The predicted octanol–water partition coefficient (Wildman–Crippen LogP) is 1.43. The van der Waals surface area contributed by atoms with Gasteiger partial charge in [-0.2, -0.15) is 0 Å². The first-order valence-corrected chi connectivity index (χ1v) is 4.60. The highest BCUT2D eigenvalue weighted by atomic mass is 79.9. The van der Waals surface area contributed by atoms with Crippen molar-refractivity contribution in [1.82, 2.24) is 0 Å². The molecule has 0 aliphatic carbocycles. The van der Waals surface area contributed by atoms with Crippen LogP contribution < -0.4 is 0 Å². The largest absolute Gasteiger partial charge is 0.506 e. The Morgan fingerprint density at radius 3 is 2.71 bits per heavy atom. The minimum Gasteiger partial charge on any atom is -0.506 e. The molecular formula is C9H9BrO4. The molecular weight excluding hydrogens is 252 g/mol. The molecule has 1 aromatic rings. The monoisotopic (exact) mass is 260 g/mol. The van der Waals surface area contributed by atoms with Crippen LogP contribution in [0.4, 0.5) is 0 Å². The Labute approximate surface area is 89.3 Å². The number of phenols is 1. The van der Waals surface area contributed by atoms with Gasteiger partial charge in [0.15, 0.2) is 0 Å². The maximum Gasteiger partial charge on any atom is 0.341 e. The van der Waals surface area contributed by atoms with Crippen LogP contribution in [0.3, 0.4) is 0 Å². The Bertz CT molecular complexity index is 362. The van der Waals surface area contributed by atoms with Crippen molar-refractivity contribution in [1.29, 1.82) is 0 Å². The van der Waals surface area contributed by atoms with Gasteiger partial charge in [0.2, 0.25) is 0 Å². The van der Waals surface area contributed by atoms with Crippen molar-refractivity contribution in [3.8, 4) is 5.75 Å². The molecule has 5 heteroatoms. The van der Waals surface area contributed by atoms with Gasteiger partial charge in [0, 0.05) is 0 Å². The van der Waals surface area contributed by atoms with Gasteiger partial charge >= 0.3 is 5.97 Å². The maximum absolute atomic E-state index is 11.2. The van der Waals surface area contributed by atoms with Crippen LogP contribution in [0, 0.1) is 0 Å². The lowest BCUT2D eigenvalue weighted by molar-refractivity contribution is 0.0597. The second kappa shape index (κ2) is 4.43. The Kier molecular flexibility index (Phi) is 3.49. The average molecular weight is 261 g/mol. The minimum atomic E-state index is -0.640. The zero-order valence-corrected chi connectivity index (χ0v) is 9.04. The summed E-state index contributed by atoms with van der Waals surface area (Å²) >= 11 is 3.07. The van der Waals surface area contributed by atoms with Gasteiger partial charge in [-0.25, -0.2) is 4.79 Å². The first kappa shape index (κ1) is 11.0. The first-order valence-electron chi connectivity index (χ1n) is 3.80. The average Bonchev–Trinajstić information content (AvgIpc) is 2.20. The number of rotatable bonds is 2. The number of hydrogen-bond donors (Lipinski definition) is 2. The van der Waals surface area contributed by atoms with Crippen LogP contribution in [0.15, 0.2) is 16.6 Å². The lowest BCUT2D eigenvalue weighted by Crippen LogP contribution is -2.03. The normalized spacial score (nSPS) is 9.93. The summed E-state index contributed by atoms with van der Waals surface area (Å²) in [5.74, 6) is -0.826. The lowest BCUT2D eigenvalue weighted by Gasteiger charge is -2.06. The summed E-state index contributed by atoms with van der Waals surface area (Å²) in [5, 5.41) is 18.4. The number of phenolic OH excluding ortho intramolecular Hbond substituents is 1. The minimum absolute atomic E-state index is 0.0333. The molecule has 0 saturated carbocycles. The van der Waals surface area contributed by atoms with Crippen LogP contribution in [0.1, 0.15) is 15.9 Å². The van der Waals surface area contributed by atoms with E-state index >= 15 is 0 Å². The molecule has 0 aromatic heterocycles. The van der Waals surface area contributed by atoms with Gasteiger partial charge in [-0.3, -0.25) is 0 Å². The third-order valence-corrected chi connectivity index (χ3v) is 2.32. The molecule has 0 spiro atoms. The number of ether oxygens (including phenoxy) is 1. The predicted molar refractivity (Wildman–Crippen MR) is 53.1 cm³/mol. The fourth-order valence-electron chi connectivity index (χ4n) is 1.01. The number of aliphatic hydroxyl groups excluding tert-OH is 1. The van der Waals surface area contributed by atoms with Crippen molar-refractivity contribution >= 4 is 21.9 Å². The Morgan fingerprint density at radius 1 is 1.57 bits per heavy atom. The van der Waals surface area contributed by atoms with Crippen molar-refractivity contribution < 1.29 is 19.7 Å². The highest BCUT2D eigenvalue weighted by Gasteiger charge is 2.15. The molecule has 4 nitrogen and oxygen atoms in total.